The van der Waals surface area contributed by atoms with Crippen LogP contribution in [0.3, 0.4) is 0 Å². The van der Waals surface area contributed by atoms with E-state index in [1.165, 1.54) is 0 Å². The molecule has 0 bridgehead atoms. The Morgan fingerprint density at radius 2 is 1.64 bits per heavy atom. The second-order valence-electron chi connectivity index (χ2n) is 9.37. The van der Waals surface area contributed by atoms with Gasteiger partial charge in [-0.1, -0.05) is 48.5 Å². The Hall–Kier alpha value is -2.68. The van der Waals surface area contributed by atoms with Gasteiger partial charge in [-0.3, -0.25) is 23.7 Å². The Labute approximate surface area is 196 Å². The number of aliphatic imine (C=N–C) groups is 1. The van der Waals surface area contributed by atoms with Crippen LogP contribution in [0, 0.1) is 13.8 Å². The van der Waals surface area contributed by atoms with Gasteiger partial charge in [-0.05, 0) is 63.3 Å². The first-order chi connectivity index (χ1) is 15.4. The van der Waals surface area contributed by atoms with E-state index in [9.17, 15) is 23.8 Å². The number of rotatable bonds is 6. The molecule has 0 radical (unpaired) electrons. The van der Waals surface area contributed by atoms with E-state index in [0.717, 1.165) is 21.0 Å². The number of carbonyl (C=O) groups is 2. The molecule has 2 atom stereocenters. The minimum Gasteiger partial charge on any atom is -0.481 e. The molecular formula is C25H32N2O5S. The highest BCUT2D eigenvalue weighted by Gasteiger charge is 2.54. The second-order valence-corrected chi connectivity index (χ2v) is 11.3. The first-order valence-corrected chi connectivity index (χ1v) is 12.4. The predicted molar refractivity (Wildman–Crippen MR) is 132 cm³/mol. The van der Waals surface area contributed by atoms with Gasteiger partial charge < -0.3 is 5.11 Å². The number of carboxylic acid groups (broad SMARTS) is 1. The van der Waals surface area contributed by atoms with E-state index in [-0.39, 0.29) is 18.7 Å². The molecule has 1 aliphatic heterocycles. The molecule has 1 fully saturated rings. The minimum absolute atomic E-state index is 0.0572. The Kier molecular flexibility index (Phi) is 7.02. The topological polar surface area (TPSA) is 110 Å². The van der Waals surface area contributed by atoms with Gasteiger partial charge in [0.2, 0.25) is 0 Å². The number of hydrogen-bond acceptors (Lipinski definition) is 5. The molecule has 3 rings (SSSR count). The van der Waals surface area contributed by atoms with Gasteiger partial charge in [0, 0.05) is 6.54 Å². The van der Waals surface area contributed by atoms with Gasteiger partial charge in [-0.15, -0.1) is 10.8 Å². The maximum absolute atomic E-state index is 13.3. The van der Waals surface area contributed by atoms with Gasteiger partial charge in [0.1, 0.15) is 11.0 Å². The van der Waals surface area contributed by atoms with Gasteiger partial charge in [0.15, 0.2) is 0 Å². The summed E-state index contributed by atoms with van der Waals surface area (Å²) in [5.74, 6) is -2.26. The fourth-order valence-electron chi connectivity index (χ4n) is 4.50. The van der Waals surface area contributed by atoms with E-state index in [4.69, 9.17) is 0 Å². The summed E-state index contributed by atoms with van der Waals surface area (Å²) in [6, 6.07) is 14.5. The highest BCUT2D eigenvalue weighted by Crippen LogP contribution is 2.64. The molecule has 2 aromatic rings. The van der Waals surface area contributed by atoms with E-state index in [1.54, 1.807) is 45.0 Å². The van der Waals surface area contributed by atoms with Crippen molar-refractivity contribution >= 4 is 28.4 Å². The molecule has 0 aliphatic carbocycles. The maximum Gasteiger partial charge on any atom is 0.311 e. The molecule has 0 aromatic heterocycles. The molecule has 2 unspecified atom stereocenters. The number of aryl methyl sites for hydroxylation is 2. The Balaban J connectivity index is 1.99. The smallest absolute Gasteiger partial charge is 0.311 e. The van der Waals surface area contributed by atoms with Crippen molar-refractivity contribution in [2.24, 2.45) is 4.99 Å². The number of carbonyl (C=O) groups excluding carboxylic acids is 1. The van der Waals surface area contributed by atoms with E-state index in [1.807, 2.05) is 38.1 Å². The molecule has 1 aliphatic rings. The van der Waals surface area contributed by atoms with Crippen LogP contribution in [0.4, 0.5) is 0 Å². The normalized spacial score (nSPS) is 21.3. The molecular weight excluding hydrogens is 440 g/mol. The van der Waals surface area contributed by atoms with Crippen molar-refractivity contribution in [3.63, 3.8) is 0 Å². The SMILES string of the molecule is Cc1cccc(C)c1C(CCN=C1C(=O)N(C(C)(C)C)S(O)(O)C1c1ccccc1)C(=O)O. The highest BCUT2D eigenvalue weighted by atomic mass is 32.3. The van der Waals surface area contributed by atoms with Crippen molar-refractivity contribution in [1.82, 2.24) is 4.31 Å². The lowest BCUT2D eigenvalue weighted by atomic mass is 9.88. The second kappa shape index (κ2) is 9.29. The Bertz CT molecular complexity index is 1060. The number of hydrogen-bond donors (Lipinski definition) is 3. The molecule has 7 nitrogen and oxygen atoms in total. The Morgan fingerprint density at radius 3 is 2.15 bits per heavy atom. The quantitative estimate of drug-likeness (QED) is 0.525. The van der Waals surface area contributed by atoms with Crippen molar-refractivity contribution in [3.05, 3.63) is 70.8 Å². The van der Waals surface area contributed by atoms with Crippen LogP contribution in [0.25, 0.3) is 0 Å². The monoisotopic (exact) mass is 472 g/mol. The van der Waals surface area contributed by atoms with Crippen LogP contribution in [0.15, 0.2) is 53.5 Å². The molecule has 0 saturated carbocycles. The summed E-state index contributed by atoms with van der Waals surface area (Å²) in [5.41, 5.74) is 2.34. The predicted octanol–water partition coefficient (Wildman–Crippen LogP) is 5.35. The first kappa shape index (κ1) is 25.0. The van der Waals surface area contributed by atoms with E-state index >= 15 is 0 Å². The molecule has 178 valence electrons. The third-order valence-electron chi connectivity index (χ3n) is 5.84. The summed E-state index contributed by atoms with van der Waals surface area (Å²) in [6.07, 6.45) is 0.189. The van der Waals surface area contributed by atoms with E-state index in [2.05, 4.69) is 4.99 Å². The van der Waals surface area contributed by atoms with Gasteiger partial charge in [-0.25, -0.2) is 4.31 Å². The molecule has 1 heterocycles. The number of carboxylic acids is 1. The van der Waals surface area contributed by atoms with Crippen LogP contribution in [-0.4, -0.2) is 48.2 Å². The largest absolute Gasteiger partial charge is 0.481 e. The standard InChI is InChI=1S/C25H32N2O5S/c1-16-10-9-11-17(2)20(16)19(24(29)30)14-15-26-21-22(18-12-7-6-8-13-18)33(31,32)27(23(21)28)25(3,4)5/h6-13,19,22,31-32H,14-15H2,1-5H3,(H,29,30). The fraction of sp³-hybridized carbons (Fsp3) is 0.400. The fourth-order valence-corrected chi connectivity index (χ4v) is 6.85. The number of benzene rings is 2. The molecule has 3 N–H and O–H groups in total. The van der Waals surface area contributed by atoms with Crippen molar-refractivity contribution in [2.75, 3.05) is 6.54 Å². The summed E-state index contributed by atoms with van der Waals surface area (Å²) < 4.78 is 23.4. The number of nitrogens with zero attached hydrogens (tertiary/aromatic N) is 2. The van der Waals surface area contributed by atoms with Crippen LogP contribution < -0.4 is 0 Å². The average molecular weight is 473 g/mol. The van der Waals surface area contributed by atoms with Crippen LogP contribution in [0.5, 0.6) is 0 Å². The molecule has 8 heteroatoms. The van der Waals surface area contributed by atoms with E-state index < -0.39 is 39.4 Å². The van der Waals surface area contributed by atoms with Crippen molar-refractivity contribution < 1.29 is 23.8 Å². The van der Waals surface area contributed by atoms with Crippen molar-refractivity contribution in [3.8, 4) is 0 Å². The lowest BCUT2D eigenvalue weighted by molar-refractivity contribution is -0.139. The van der Waals surface area contributed by atoms with Crippen LogP contribution in [0.1, 0.15) is 60.6 Å². The van der Waals surface area contributed by atoms with Crippen molar-refractivity contribution in [2.45, 2.75) is 57.7 Å². The lowest BCUT2D eigenvalue weighted by Gasteiger charge is -2.46. The molecule has 1 saturated heterocycles. The average Bonchev–Trinajstić information content (AvgIpc) is 2.91. The summed E-state index contributed by atoms with van der Waals surface area (Å²) in [6.45, 7) is 9.06. The van der Waals surface area contributed by atoms with E-state index in [0.29, 0.717) is 5.56 Å². The lowest BCUT2D eigenvalue weighted by Crippen LogP contribution is -2.43. The summed E-state index contributed by atoms with van der Waals surface area (Å²) in [7, 11) is -3.53. The number of amides is 1. The van der Waals surface area contributed by atoms with Gasteiger partial charge in [0.25, 0.3) is 5.91 Å². The molecule has 0 spiro atoms. The van der Waals surface area contributed by atoms with Gasteiger partial charge >= 0.3 is 5.97 Å². The minimum atomic E-state index is -3.53. The zero-order valence-corrected chi connectivity index (χ0v) is 20.5. The van der Waals surface area contributed by atoms with Crippen molar-refractivity contribution in [1.29, 1.82) is 0 Å². The molecule has 1 amide bonds. The summed E-state index contributed by atoms with van der Waals surface area (Å²) in [5, 5.41) is 8.89. The Morgan fingerprint density at radius 1 is 1.06 bits per heavy atom. The summed E-state index contributed by atoms with van der Waals surface area (Å²) in [4.78, 5) is 29.9. The zero-order valence-electron chi connectivity index (χ0n) is 19.6. The van der Waals surface area contributed by atoms with Crippen LogP contribution in [0.2, 0.25) is 0 Å². The number of aliphatic carboxylic acids is 1. The maximum atomic E-state index is 13.3. The van der Waals surface area contributed by atoms with Gasteiger partial charge in [-0.2, -0.15) is 0 Å². The molecule has 2 aromatic carbocycles. The van der Waals surface area contributed by atoms with Crippen LogP contribution >= 0.6 is 10.8 Å². The highest BCUT2D eigenvalue weighted by molar-refractivity contribution is 8.24. The molecule has 33 heavy (non-hydrogen) atoms. The zero-order chi connectivity index (χ0) is 24.6. The van der Waals surface area contributed by atoms with Crippen LogP contribution in [-0.2, 0) is 9.59 Å². The third kappa shape index (κ3) is 4.83. The third-order valence-corrected chi connectivity index (χ3v) is 8.22. The summed E-state index contributed by atoms with van der Waals surface area (Å²) >= 11 is 0. The van der Waals surface area contributed by atoms with Gasteiger partial charge in [0.05, 0.1) is 11.5 Å². The first-order valence-electron chi connectivity index (χ1n) is 10.9.